The van der Waals surface area contributed by atoms with Gasteiger partial charge in [0.25, 0.3) is 5.91 Å². The molecule has 5 heterocycles. The summed E-state index contributed by atoms with van der Waals surface area (Å²) < 4.78 is 6.62. The molecule has 3 aromatic rings. The number of carbonyl (C=O) groups is 1. The van der Waals surface area contributed by atoms with Crippen molar-refractivity contribution in [3.8, 4) is 11.1 Å². The molecule has 1 atom stereocenters. The lowest BCUT2D eigenvalue weighted by Crippen LogP contribution is -2.57. The summed E-state index contributed by atoms with van der Waals surface area (Å²) in [6.07, 6.45) is 2.43. The van der Waals surface area contributed by atoms with E-state index in [-0.39, 0.29) is 5.91 Å². The lowest BCUT2D eigenvalue weighted by Gasteiger charge is -2.44. The van der Waals surface area contributed by atoms with E-state index < -0.39 is 0 Å². The SMILES string of the molecule is O=C(NC1CN2CCC1CC2)c1cc2ccc(-c3ccc(CN4CCOCC4)cc3)cc2s1. The van der Waals surface area contributed by atoms with E-state index in [1.54, 1.807) is 11.3 Å². The zero-order valence-electron chi connectivity index (χ0n) is 19.0. The fourth-order valence-corrected chi connectivity index (χ4v) is 6.52. The van der Waals surface area contributed by atoms with Gasteiger partial charge in [0.05, 0.1) is 18.1 Å². The molecular formula is C27H31N3O2S. The third-order valence-electron chi connectivity index (χ3n) is 7.51. The number of hydrogen-bond acceptors (Lipinski definition) is 5. The molecule has 0 saturated carbocycles. The van der Waals surface area contributed by atoms with Crippen LogP contribution >= 0.6 is 11.3 Å². The maximum Gasteiger partial charge on any atom is 0.261 e. The van der Waals surface area contributed by atoms with Gasteiger partial charge >= 0.3 is 0 Å². The van der Waals surface area contributed by atoms with Crippen LogP contribution in [0.5, 0.6) is 0 Å². The summed E-state index contributed by atoms with van der Waals surface area (Å²) in [5, 5.41) is 4.48. The van der Waals surface area contributed by atoms with E-state index in [0.717, 1.165) is 49.7 Å². The summed E-state index contributed by atoms with van der Waals surface area (Å²) in [6.45, 7) is 8.04. The highest BCUT2D eigenvalue weighted by molar-refractivity contribution is 7.20. The van der Waals surface area contributed by atoms with Crippen molar-refractivity contribution in [2.45, 2.75) is 25.4 Å². The second-order valence-corrected chi connectivity index (χ2v) is 10.8. The normalized spacial score (nSPS) is 25.4. The quantitative estimate of drug-likeness (QED) is 0.618. The van der Waals surface area contributed by atoms with Crippen molar-refractivity contribution in [3.05, 3.63) is 59.0 Å². The average molecular weight is 462 g/mol. The first kappa shape index (κ1) is 21.3. The van der Waals surface area contributed by atoms with E-state index in [4.69, 9.17) is 4.74 Å². The van der Waals surface area contributed by atoms with Gasteiger partial charge in [0.1, 0.15) is 0 Å². The Morgan fingerprint density at radius 1 is 0.970 bits per heavy atom. The molecule has 5 nitrogen and oxygen atoms in total. The zero-order valence-corrected chi connectivity index (χ0v) is 19.8. The molecule has 4 fully saturated rings. The van der Waals surface area contributed by atoms with Gasteiger partial charge in [-0.05, 0) is 66.1 Å². The third-order valence-corrected chi connectivity index (χ3v) is 8.61. The third kappa shape index (κ3) is 4.58. The van der Waals surface area contributed by atoms with Crippen LogP contribution < -0.4 is 5.32 Å². The molecule has 0 aliphatic carbocycles. The molecule has 4 aliphatic rings. The maximum absolute atomic E-state index is 13.0. The van der Waals surface area contributed by atoms with Crippen molar-refractivity contribution in [1.82, 2.24) is 15.1 Å². The van der Waals surface area contributed by atoms with Gasteiger partial charge in [-0.2, -0.15) is 0 Å². The van der Waals surface area contributed by atoms with Gasteiger partial charge in [0, 0.05) is 36.9 Å². The number of carbonyl (C=O) groups excluding carboxylic acids is 1. The molecule has 2 aromatic carbocycles. The minimum atomic E-state index is 0.0870. The Morgan fingerprint density at radius 2 is 1.73 bits per heavy atom. The van der Waals surface area contributed by atoms with Crippen molar-refractivity contribution in [2.24, 2.45) is 5.92 Å². The highest BCUT2D eigenvalue weighted by atomic mass is 32.1. The van der Waals surface area contributed by atoms with Crippen molar-refractivity contribution < 1.29 is 9.53 Å². The highest BCUT2D eigenvalue weighted by Gasteiger charge is 2.35. The molecule has 1 aromatic heterocycles. The van der Waals surface area contributed by atoms with E-state index in [2.05, 4.69) is 57.6 Å². The van der Waals surface area contributed by atoms with Crippen LogP contribution in [0, 0.1) is 5.92 Å². The van der Waals surface area contributed by atoms with E-state index in [0.29, 0.717) is 12.0 Å². The smallest absolute Gasteiger partial charge is 0.261 e. The maximum atomic E-state index is 13.0. The molecule has 0 spiro atoms. The molecule has 1 unspecified atom stereocenters. The van der Waals surface area contributed by atoms with Gasteiger partial charge in [-0.3, -0.25) is 9.69 Å². The highest BCUT2D eigenvalue weighted by Crippen LogP contribution is 2.32. The summed E-state index contributed by atoms with van der Waals surface area (Å²) in [6, 6.07) is 17.8. The number of amides is 1. The molecule has 4 saturated heterocycles. The van der Waals surface area contributed by atoms with Gasteiger partial charge in [-0.1, -0.05) is 36.4 Å². The standard InChI is InChI=1S/C27H31N3O2S/c31-27(28-24-18-29-9-7-21(24)8-10-29)26-16-23-6-5-22(15-25(23)33-26)20-3-1-19(2-4-20)17-30-11-13-32-14-12-30/h1-6,15-16,21,24H,7-14,17-18H2,(H,28,31). The van der Waals surface area contributed by atoms with Crippen LogP contribution in [-0.4, -0.2) is 67.7 Å². The van der Waals surface area contributed by atoms with Crippen LogP contribution in [-0.2, 0) is 11.3 Å². The van der Waals surface area contributed by atoms with Crippen LogP contribution in [0.25, 0.3) is 21.2 Å². The van der Waals surface area contributed by atoms with E-state index in [1.165, 1.54) is 47.3 Å². The fourth-order valence-electron chi connectivity index (χ4n) is 5.51. The average Bonchev–Trinajstić information content (AvgIpc) is 3.30. The zero-order chi connectivity index (χ0) is 22.2. The molecule has 33 heavy (non-hydrogen) atoms. The van der Waals surface area contributed by atoms with Gasteiger partial charge in [-0.25, -0.2) is 0 Å². The fraction of sp³-hybridized carbons (Fsp3) is 0.444. The van der Waals surface area contributed by atoms with Crippen molar-refractivity contribution in [3.63, 3.8) is 0 Å². The van der Waals surface area contributed by atoms with Crippen molar-refractivity contribution in [2.75, 3.05) is 45.9 Å². The second kappa shape index (κ2) is 9.18. The summed E-state index contributed by atoms with van der Waals surface area (Å²) in [4.78, 5) is 18.7. The van der Waals surface area contributed by atoms with E-state index in [9.17, 15) is 4.79 Å². The van der Waals surface area contributed by atoms with Crippen molar-refractivity contribution in [1.29, 1.82) is 0 Å². The van der Waals surface area contributed by atoms with Crippen LogP contribution in [0.3, 0.4) is 0 Å². The number of hydrogen-bond donors (Lipinski definition) is 1. The topological polar surface area (TPSA) is 44.8 Å². The number of fused-ring (bicyclic) bond motifs is 4. The summed E-state index contributed by atoms with van der Waals surface area (Å²) in [5.74, 6) is 0.732. The predicted molar refractivity (Wildman–Crippen MR) is 134 cm³/mol. The molecular weight excluding hydrogens is 430 g/mol. The van der Waals surface area contributed by atoms with Gasteiger partial charge in [-0.15, -0.1) is 11.3 Å². The van der Waals surface area contributed by atoms with Crippen molar-refractivity contribution >= 4 is 27.3 Å². The second-order valence-electron chi connectivity index (χ2n) is 9.67. The van der Waals surface area contributed by atoms with E-state index >= 15 is 0 Å². The minimum Gasteiger partial charge on any atom is -0.379 e. The Hall–Kier alpha value is -2.25. The Bertz CT molecular complexity index is 1130. The first-order chi connectivity index (χ1) is 16.2. The van der Waals surface area contributed by atoms with Crippen LogP contribution in [0.1, 0.15) is 28.1 Å². The lowest BCUT2D eigenvalue weighted by molar-refractivity contribution is 0.0342. The number of piperidine rings is 3. The number of morpholine rings is 1. The number of nitrogens with one attached hydrogen (secondary N) is 1. The molecule has 6 heteroatoms. The predicted octanol–water partition coefficient (Wildman–Crippen LogP) is 4.22. The summed E-state index contributed by atoms with van der Waals surface area (Å²) in [5.41, 5.74) is 3.76. The minimum absolute atomic E-state index is 0.0870. The molecule has 172 valence electrons. The first-order valence-corrected chi connectivity index (χ1v) is 13.0. The molecule has 2 bridgehead atoms. The van der Waals surface area contributed by atoms with Gasteiger partial charge < -0.3 is 15.0 Å². The molecule has 4 aliphatic heterocycles. The Balaban J connectivity index is 1.15. The first-order valence-electron chi connectivity index (χ1n) is 12.2. The largest absolute Gasteiger partial charge is 0.379 e. The molecule has 1 N–H and O–H groups in total. The Kier molecular flexibility index (Phi) is 5.93. The molecule has 7 rings (SSSR count). The number of ether oxygens (including phenoxy) is 1. The van der Waals surface area contributed by atoms with Gasteiger partial charge in [0.15, 0.2) is 0 Å². The van der Waals surface area contributed by atoms with Crippen LogP contribution in [0.15, 0.2) is 48.5 Å². The Morgan fingerprint density at radius 3 is 2.45 bits per heavy atom. The number of rotatable bonds is 5. The molecule has 0 radical (unpaired) electrons. The summed E-state index contributed by atoms with van der Waals surface area (Å²) >= 11 is 1.61. The Labute approximate surface area is 199 Å². The van der Waals surface area contributed by atoms with E-state index in [1.807, 2.05) is 6.07 Å². The lowest BCUT2D eigenvalue weighted by atomic mass is 9.84. The van der Waals surface area contributed by atoms with Crippen LogP contribution in [0.2, 0.25) is 0 Å². The number of nitrogens with zero attached hydrogens (tertiary/aromatic N) is 2. The summed E-state index contributed by atoms with van der Waals surface area (Å²) in [7, 11) is 0. The van der Waals surface area contributed by atoms with Crippen LogP contribution in [0.4, 0.5) is 0 Å². The number of benzene rings is 2. The van der Waals surface area contributed by atoms with Gasteiger partial charge in [0.2, 0.25) is 0 Å². The monoisotopic (exact) mass is 461 g/mol. The number of thiophene rings is 1. The molecule has 1 amide bonds.